The molecule has 1 N–H and O–H groups in total. The normalized spacial score (nSPS) is 10.9. The predicted molar refractivity (Wildman–Crippen MR) is 87.4 cm³/mol. The van der Waals surface area contributed by atoms with Crippen LogP contribution in [-0.4, -0.2) is 16.0 Å². The summed E-state index contributed by atoms with van der Waals surface area (Å²) >= 11 is 3.30. The number of anilines is 1. The van der Waals surface area contributed by atoms with E-state index in [1.54, 1.807) is 28.9 Å². The monoisotopic (exact) mass is 299 g/mol. The van der Waals surface area contributed by atoms with Crippen molar-refractivity contribution >= 4 is 38.6 Å². The van der Waals surface area contributed by atoms with Gasteiger partial charge in [0.2, 0.25) is 0 Å². The van der Waals surface area contributed by atoms with E-state index in [4.69, 9.17) is 6.42 Å². The molecule has 0 aliphatic heterocycles. The molecule has 3 heterocycles. The van der Waals surface area contributed by atoms with Gasteiger partial charge in [0.25, 0.3) is 0 Å². The highest BCUT2D eigenvalue weighted by atomic mass is 32.1. The van der Waals surface area contributed by atoms with Gasteiger partial charge in [0.05, 0.1) is 21.6 Å². The lowest BCUT2D eigenvalue weighted by Gasteiger charge is -2.12. The van der Waals surface area contributed by atoms with Crippen molar-refractivity contribution in [3.05, 3.63) is 29.5 Å². The molecule has 0 aromatic carbocycles. The number of nitrogens with one attached hydrogen (secondary N) is 1. The Kier molecular flexibility index (Phi) is 3.43. The van der Waals surface area contributed by atoms with Gasteiger partial charge in [-0.05, 0) is 19.9 Å². The Labute approximate surface area is 125 Å². The second-order valence-electron chi connectivity index (χ2n) is 4.69. The van der Waals surface area contributed by atoms with E-state index in [2.05, 4.69) is 41.1 Å². The minimum atomic E-state index is 0.319. The molecule has 0 radical (unpaired) electrons. The number of thiophene rings is 1. The summed E-state index contributed by atoms with van der Waals surface area (Å²) in [6, 6.07) is 2.46. The molecule has 0 spiro atoms. The molecule has 0 bridgehead atoms. The fourth-order valence-electron chi connectivity index (χ4n) is 2.00. The van der Waals surface area contributed by atoms with Gasteiger partial charge in [-0.3, -0.25) is 4.98 Å². The van der Waals surface area contributed by atoms with Gasteiger partial charge >= 0.3 is 0 Å². The first-order chi connectivity index (χ1) is 9.69. The zero-order chi connectivity index (χ0) is 14.1. The van der Waals surface area contributed by atoms with Crippen molar-refractivity contribution in [1.82, 2.24) is 9.97 Å². The molecule has 0 aliphatic carbocycles. The molecule has 0 saturated heterocycles. The molecule has 3 aromatic rings. The van der Waals surface area contributed by atoms with Crippen molar-refractivity contribution in [3.63, 3.8) is 0 Å². The summed E-state index contributed by atoms with van der Waals surface area (Å²) in [6.45, 7) is 4.20. The maximum Gasteiger partial charge on any atom is 0.126 e. The summed E-state index contributed by atoms with van der Waals surface area (Å²) in [5.74, 6) is 2.71. The predicted octanol–water partition coefficient (Wildman–Crippen LogP) is 4.22. The van der Waals surface area contributed by atoms with Crippen LogP contribution in [0.1, 0.15) is 19.4 Å². The number of hydrogen-bond donors (Lipinski definition) is 1. The number of nitrogens with zero attached hydrogens (tertiary/aromatic N) is 2. The van der Waals surface area contributed by atoms with Crippen LogP contribution in [0.5, 0.6) is 0 Å². The first kappa shape index (κ1) is 13.1. The lowest BCUT2D eigenvalue weighted by Crippen LogP contribution is -2.11. The van der Waals surface area contributed by atoms with Crippen molar-refractivity contribution < 1.29 is 0 Å². The van der Waals surface area contributed by atoms with Crippen LogP contribution in [-0.2, 0) is 0 Å². The maximum atomic E-state index is 5.58. The number of thiazole rings is 1. The topological polar surface area (TPSA) is 37.8 Å². The molecule has 5 heteroatoms. The number of aromatic nitrogens is 2. The molecular formula is C15H13N3S2. The van der Waals surface area contributed by atoms with Crippen molar-refractivity contribution in [3.8, 4) is 22.1 Å². The van der Waals surface area contributed by atoms with Crippen molar-refractivity contribution in [2.45, 2.75) is 19.9 Å². The second kappa shape index (κ2) is 5.23. The molecule has 3 nitrogen and oxygen atoms in total. The number of pyridine rings is 1. The van der Waals surface area contributed by atoms with Crippen LogP contribution in [0.4, 0.5) is 5.69 Å². The lowest BCUT2D eigenvalue weighted by molar-refractivity contribution is 0.901. The van der Waals surface area contributed by atoms with Crippen LogP contribution in [0, 0.1) is 12.3 Å². The summed E-state index contributed by atoms with van der Waals surface area (Å²) in [6.07, 6.45) is 9.23. The van der Waals surface area contributed by atoms with Gasteiger partial charge in [-0.1, -0.05) is 5.92 Å². The fraction of sp³-hybridized carbons (Fsp3) is 0.200. The number of rotatable bonds is 3. The van der Waals surface area contributed by atoms with Crippen LogP contribution in [0.3, 0.4) is 0 Å². The standard InChI is InChI=1S/C15H13N3S2/c1-4-10-6-17-15-11(14(10)18-9(2)3)5-12(20-15)13-7-16-8-19-13/h1,5-9H,2-3H3,(H,17,18). The fourth-order valence-corrected chi connectivity index (χ4v) is 3.72. The Morgan fingerprint density at radius 2 is 2.15 bits per heavy atom. The minimum absolute atomic E-state index is 0.319. The Balaban J connectivity index is 2.21. The molecular weight excluding hydrogens is 286 g/mol. The van der Waals surface area contributed by atoms with E-state index in [0.717, 1.165) is 26.3 Å². The molecule has 3 rings (SSSR count). The molecule has 3 aromatic heterocycles. The van der Waals surface area contributed by atoms with Gasteiger partial charge in [0.15, 0.2) is 0 Å². The van der Waals surface area contributed by atoms with E-state index in [-0.39, 0.29) is 0 Å². The third kappa shape index (κ3) is 2.28. The summed E-state index contributed by atoms with van der Waals surface area (Å²) in [5, 5.41) is 4.52. The highest BCUT2D eigenvalue weighted by Crippen LogP contribution is 2.38. The summed E-state index contributed by atoms with van der Waals surface area (Å²) in [7, 11) is 0. The average molecular weight is 299 g/mol. The zero-order valence-electron chi connectivity index (χ0n) is 11.2. The van der Waals surface area contributed by atoms with E-state index < -0.39 is 0 Å². The Morgan fingerprint density at radius 1 is 1.30 bits per heavy atom. The summed E-state index contributed by atoms with van der Waals surface area (Å²) < 4.78 is 0. The third-order valence-electron chi connectivity index (χ3n) is 2.83. The quantitative estimate of drug-likeness (QED) is 0.736. The molecule has 100 valence electrons. The average Bonchev–Trinajstić information content (AvgIpc) is 3.07. The molecule has 0 atom stereocenters. The van der Waals surface area contributed by atoms with Crippen LogP contribution in [0.2, 0.25) is 0 Å². The second-order valence-corrected chi connectivity index (χ2v) is 6.60. The van der Waals surface area contributed by atoms with E-state index >= 15 is 0 Å². The van der Waals surface area contributed by atoms with Crippen molar-refractivity contribution in [2.24, 2.45) is 0 Å². The molecule has 20 heavy (non-hydrogen) atoms. The number of terminal acetylenes is 1. The summed E-state index contributed by atoms with van der Waals surface area (Å²) in [5.41, 5.74) is 3.65. The Bertz CT molecular complexity index is 779. The van der Waals surface area contributed by atoms with Gasteiger partial charge in [-0.25, -0.2) is 4.98 Å². The molecule has 0 unspecified atom stereocenters. The largest absolute Gasteiger partial charge is 0.381 e. The molecule has 0 aliphatic rings. The first-order valence-electron chi connectivity index (χ1n) is 6.23. The highest BCUT2D eigenvalue weighted by Gasteiger charge is 2.13. The van der Waals surface area contributed by atoms with Crippen molar-refractivity contribution in [2.75, 3.05) is 5.32 Å². The SMILES string of the molecule is C#Cc1cnc2sc(-c3cncs3)cc2c1NC(C)C. The number of hydrogen-bond acceptors (Lipinski definition) is 5. The van der Waals surface area contributed by atoms with Crippen LogP contribution in [0.15, 0.2) is 24.0 Å². The Morgan fingerprint density at radius 3 is 2.80 bits per heavy atom. The summed E-state index contributed by atoms with van der Waals surface area (Å²) in [4.78, 5) is 11.9. The smallest absolute Gasteiger partial charge is 0.126 e. The zero-order valence-corrected chi connectivity index (χ0v) is 12.8. The third-order valence-corrected chi connectivity index (χ3v) is 4.84. The van der Waals surface area contributed by atoms with E-state index in [1.807, 2.05) is 11.7 Å². The van der Waals surface area contributed by atoms with Crippen molar-refractivity contribution in [1.29, 1.82) is 0 Å². The molecule has 0 saturated carbocycles. The maximum absolute atomic E-state index is 5.58. The molecule has 0 fully saturated rings. The van der Waals surface area contributed by atoms with Crippen LogP contribution < -0.4 is 5.32 Å². The van der Waals surface area contributed by atoms with E-state index in [9.17, 15) is 0 Å². The van der Waals surface area contributed by atoms with Gasteiger partial charge < -0.3 is 5.32 Å². The van der Waals surface area contributed by atoms with Crippen LogP contribution >= 0.6 is 22.7 Å². The highest BCUT2D eigenvalue weighted by molar-refractivity contribution is 7.25. The van der Waals surface area contributed by atoms with Gasteiger partial charge in [0.1, 0.15) is 4.83 Å². The van der Waals surface area contributed by atoms with Crippen LogP contribution in [0.25, 0.3) is 20.0 Å². The van der Waals surface area contributed by atoms with E-state index in [1.165, 1.54) is 4.88 Å². The Hall–Kier alpha value is -1.90. The molecule has 0 amide bonds. The first-order valence-corrected chi connectivity index (χ1v) is 7.93. The lowest BCUT2D eigenvalue weighted by atomic mass is 10.1. The number of fused-ring (bicyclic) bond motifs is 1. The minimum Gasteiger partial charge on any atom is -0.381 e. The van der Waals surface area contributed by atoms with Gasteiger partial charge in [-0.2, -0.15) is 0 Å². The van der Waals surface area contributed by atoms with E-state index in [0.29, 0.717) is 6.04 Å². The van der Waals surface area contributed by atoms with Gasteiger partial charge in [0, 0.05) is 28.7 Å². The van der Waals surface area contributed by atoms with Gasteiger partial charge in [-0.15, -0.1) is 29.1 Å².